The van der Waals surface area contributed by atoms with Crippen molar-refractivity contribution in [3.63, 3.8) is 0 Å². The van der Waals surface area contributed by atoms with Crippen molar-refractivity contribution in [2.75, 3.05) is 10.2 Å². The summed E-state index contributed by atoms with van der Waals surface area (Å²) in [7, 11) is 0. The summed E-state index contributed by atoms with van der Waals surface area (Å²) in [6, 6.07) is 23.5. The van der Waals surface area contributed by atoms with Crippen LogP contribution in [0.4, 0.5) is 11.4 Å². The van der Waals surface area contributed by atoms with Gasteiger partial charge in [0, 0.05) is 11.4 Å². The number of benzene rings is 3. The standard InChI is InChI=1S/C30H34N2O2/c1-3-5-7-22-9-15-25(16-10-22)31-28-21-29(24-13-19-27(33)20-14-24)32(30(28)34)26-17-11-23(12-18-26)8-6-4-2/h9-21,29,31,33H,3-8H2,1-2H3. The summed E-state index contributed by atoms with van der Waals surface area (Å²) in [6.07, 6.45) is 8.77. The van der Waals surface area contributed by atoms with Gasteiger partial charge >= 0.3 is 0 Å². The van der Waals surface area contributed by atoms with Gasteiger partial charge in [-0.2, -0.15) is 0 Å². The van der Waals surface area contributed by atoms with E-state index < -0.39 is 0 Å². The van der Waals surface area contributed by atoms with Gasteiger partial charge in [0.1, 0.15) is 11.4 Å². The summed E-state index contributed by atoms with van der Waals surface area (Å²) >= 11 is 0. The summed E-state index contributed by atoms with van der Waals surface area (Å²) in [5.74, 6) is 0.153. The molecule has 0 saturated heterocycles. The molecule has 4 rings (SSSR count). The second-order valence-electron chi connectivity index (χ2n) is 8.99. The molecule has 1 aliphatic heterocycles. The first-order valence-corrected chi connectivity index (χ1v) is 12.4. The van der Waals surface area contributed by atoms with E-state index in [2.05, 4.69) is 43.4 Å². The van der Waals surface area contributed by atoms with Gasteiger partial charge in [0.25, 0.3) is 5.91 Å². The molecule has 0 saturated carbocycles. The summed E-state index contributed by atoms with van der Waals surface area (Å²) in [6.45, 7) is 4.39. The van der Waals surface area contributed by atoms with E-state index in [-0.39, 0.29) is 17.7 Å². The Labute approximate surface area is 202 Å². The lowest BCUT2D eigenvalue weighted by molar-refractivity contribution is -0.114. The molecule has 0 bridgehead atoms. The van der Waals surface area contributed by atoms with E-state index in [1.165, 1.54) is 24.0 Å². The molecule has 1 heterocycles. The van der Waals surface area contributed by atoms with E-state index in [0.717, 1.165) is 42.6 Å². The molecule has 4 heteroatoms. The molecular formula is C30H34N2O2. The molecule has 0 aliphatic carbocycles. The van der Waals surface area contributed by atoms with Crippen LogP contribution in [0.1, 0.15) is 62.3 Å². The first kappa shape index (κ1) is 23.6. The molecule has 0 fully saturated rings. The van der Waals surface area contributed by atoms with E-state index in [1.54, 1.807) is 12.1 Å². The molecule has 34 heavy (non-hydrogen) atoms. The molecule has 0 spiro atoms. The van der Waals surface area contributed by atoms with Crippen LogP contribution in [0, 0.1) is 0 Å². The van der Waals surface area contributed by atoms with Gasteiger partial charge in [-0.15, -0.1) is 0 Å². The molecular weight excluding hydrogens is 420 g/mol. The minimum Gasteiger partial charge on any atom is -0.508 e. The van der Waals surface area contributed by atoms with Gasteiger partial charge in [-0.1, -0.05) is 63.1 Å². The van der Waals surface area contributed by atoms with Gasteiger partial charge in [-0.05, 0) is 84.8 Å². The Morgan fingerprint density at radius 2 is 1.35 bits per heavy atom. The number of hydrogen-bond donors (Lipinski definition) is 2. The highest BCUT2D eigenvalue weighted by molar-refractivity contribution is 6.11. The van der Waals surface area contributed by atoms with E-state index in [9.17, 15) is 9.90 Å². The zero-order valence-electron chi connectivity index (χ0n) is 20.1. The van der Waals surface area contributed by atoms with Crippen LogP contribution in [0.2, 0.25) is 0 Å². The second kappa shape index (κ2) is 11.1. The van der Waals surface area contributed by atoms with Crippen molar-refractivity contribution in [3.8, 4) is 5.75 Å². The van der Waals surface area contributed by atoms with Crippen LogP contribution in [-0.4, -0.2) is 11.0 Å². The quantitative estimate of drug-likeness (QED) is 0.342. The number of anilines is 2. The lowest BCUT2D eigenvalue weighted by Gasteiger charge is -2.25. The zero-order valence-corrected chi connectivity index (χ0v) is 20.1. The first-order chi connectivity index (χ1) is 16.6. The normalized spacial score (nSPS) is 15.5. The van der Waals surface area contributed by atoms with Gasteiger partial charge in [0.05, 0.1) is 6.04 Å². The maximum absolute atomic E-state index is 13.6. The zero-order chi connectivity index (χ0) is 23.9. The first-order valence-electron chi connectivity index (χ1n) is 12.4. The summed E-state index contributed by atoms with van der Waals surface area (Å²) in [4.78, 5) is 15.4. The third kappa shape index (κ3) is 5.51. The van der Waals surface area contributed by atoms with Crippen LogP contribution in [-0.2, 0) is 17.6 Å². The molecule has 176 valence electrons. The number of nitrogens with zero attached hydrogens (tertiary/aromatic N) is 1. The SMILES string of the molecule is CCCCc1ccc(NC2=CC(c3ccc(O)cc3)N(c3ccc(CCCC)cc3)C2=O)cc1. The molecule has 0 radical (unpaired) electrons. The van der Waals surface area contributed by atoms with E-state index in [0.29, 0.717) is 5.70 Å². The number of hydrogen-bond acceptors (Lipinski definition) is 3. The number of nitrogens with one attached hydrogen (secondary N) is 1. The maximum atomic E-state index is 13.6. The van der Waals surface area contributed by atoms with Gasteiger partial charge in [-0.3, -0.25) is 9.69 Å². The highest BCUT2D eigenvalue weighted by Crippen LogP contribution is 2.36. The molecule has 1 aliphatic rings. The summed E-state index contributed by atoms with van der Waals surface area (Å²) < 4.78 is 0. The fourth-order valence-electron chi connectivity index (χ4n) is 4.34. The second-order valence-corrected chi connectivity index (χ2v) is 8.99. The number of aryl methyl sites for hydroxylation is 2. The van der Waals surface area contributed by atoms with Gasteiger partial charge in [0.2, 0.25) is 0 Å². The Hall–Kier alpha value is -3.53. The third-order valence-corrected chi connectivity index (χ3v) is 6.37. The van der Waals surface area contributed by atoms with E-state index in [1.807, 2.05) is 47.4 Å². The fourth-order valence-corrected chi connectivity index (χ4v) is 4.34. The maximum Gasteiger partial charge on any atom is 0.275 e. The molecule has 1 amide bonds. The van der Waals surface area contributed by atoms with Gasteiger partial charge in [-0.25, -0.2) is 0 Å². The van der Waals surface area contributed by atoms with Crippen molar-refractivity contribution in [3.05, 3.63) is 101 Å². The minimum absolute atomic E-state index is 0.0607. The average molecular weight is 455 g/mol. The molecule has 2 N–H and O–H groups in total. The number of phenolic OH excluding ortho intramolecular Hbond substituents is 1. The minimum atomic E-state index is -0.249. The Morgan fingerprint density at radius 1 is 0.794 bits per heavy atom. The number of carbonyl (C=O) groups is 1. The molecule has 0 aromatic heterocycles. The highest BCUT2D eigenvalue weighted by Gasteiger charge is 2.34. The number of unbranched alkanes of at least 4 members (excludes halogenated alkanes) is 2. The smallest absolute Gasteiger partial charge is 0.275 e. The monoisotopic (exact) mass is 454 g/mol. The lowest BCUT2D eigenvalue weighted by atomic mass is 10.0. The van der Waals surface area contributed by atoms with Crippen molar-refractivity contribution in [1.82, 2.24) is 0 Å². The molecule has 1 atom stereocenters. The Bertz CT molecular complexity index is 1120. The van der Waals surface area contributed by atoms with Crippen LogP contribution in [0.25, 0.3) is 0 Å². The number of phenols is 1. The molecule has 4 nitrogen and oxygen atoms in total. The summed E-state index contributed by atoms with van der Waals surface area (Å²) in [5.41, 5.74) is 5.88. The van der Waals surface area contributed by atoms with Crippen LogP contribution < -0.4 is 10.2 Å². The Kier molecular flexibility index (Phi) is 7.69. The van der Waals surface area contributed by atoms with Crippen molar-refractivity contribution in [1.29, 1.82) is 0 Å². The van der Waals surface area contributed by atoms with Crippen LogP contribution in [0.5, 0.6) is 5.75 Å². The van der Waals surface area contributed by atoms with Crippen molar-refractivity contribution >= 4 is 17.3 Å². The van der Waals surface area contributed by atoms with Crippen molar-refractivity contribution in [2.45, 2.75) is 58.4 Å². The number of amides is 1. The van der Waals surface area contributed by atoms with Crippen LogP contribution in [0.15, 0.2) is 84.6 Å². The van der Waals surface area contributed by atoms with Gasteiger partial charge < -0.3 is 10.4 Å². The summed E-state index contributed by atoms with van der Waals surface area (Å²) in [5, 5.41) is 13.1. The third-order valence-electron chi connectivity index (χ3n) is 6.37. The number of rotatable bonds is 10. The average Bonchev–Trinajstić information content (AvgIpc) is 3.18. The fraction of sp³-hybridized carbons (Fsp3) is 0.300. The van der Waals surface area contributed by atoms with Gasteiger partial charge in [0.15, 0.2) is 0 Å². The highest BCUT2D eigenvalue weighted by atomic mass is 16.3. The number of carbonyl (C=O) groups excluding carboxylic acids is 1. The molecule has 1 unspecified atom stereocenters. The van der Waals surface area contributed by atoms with Crippen molar-refractivity contribution < 1.29 is 9.90 Å². The van der Waals surface area contributed by atoms with Crippen LogP contribution >= 0.6 is 0 Å². The van der Waals surface area contributed by atoms with Crippen molar-refractivity contribution in [2.24, 2.45) is 0 Å². The number of aromatic hydroxyl groups is 1. The topological polar surface area (TPSA) is 52.6 Å². The lowest BCUT2D eigenvalue weighted by Crippen LogP contribution is -2.30. The Morgan fingerprint density at radius 3 is 1.91 bits per heavy atom. The van der Waals surface area contributed by atoms with Crippen LogP contribution in [0.3, 0.4) is 0 Å². The van der Waals surface area contributed by atoms with E-state index in [4.69, 9.17) is 0 Å². The molecule has 3 aromatic rings. The van der Waals surface area contributed by atoms with E-state index >= 15 is 0 Å². The largest absolute Gasteiger partial charge is 0.508 e. The predicted molar refractivity (Wildman–Crippen MR) is 140 cm³/mol. The Balaban J connectivity index is 1.59. The predicted octanol–water partition coefficient (Wildman–Crippen LogP) is 7.16. The molecule has 3 aromatic carbocycles.